The minimum absolute atomic E-state index is 0.0722. The molecule has 1 aromatic heterocycles. The molecule has 2 aromatic rings. The lowest BCUT2D eigenvalue weighted by Gasteiger charge is -2.37. The summed E-state index contributed by atoms with van der Waals surface area (Å²) in [5, 5.41) is 2.23. The highest BCUT2D eigenvalue weighted by molar-refractivity contribution is 9.09. The van der Waals surface area contributed by atoms with Gasteiger partial charge in [0.05, 0.1) is 17.5 Å². The molecule has 0 saturated heterocycles. The van der Waals surface area contributed by atoms with Gasteiger partial charge in [-0.05, 0) is 37.0 Å². The number of amides is 1. The molecular weight excluding hydrogens is 447 g/mol. The molecule has 5 rings (SSSR count). The number of hydrogen-bond acceptors (Lipinski definition) is 5. The molecule has 1 saturated carbocycles. The van der Waals surface area contributed by atoms with Crippen LogP contribution in [-0.2, 0) is 14.3 Å². The third-order valence-corrected chi connectivity index (χ3v) is 7.18. The number of Topliss-reactive ketones (excluding diaryl/α,β-unsaturated/α-hetero) is 1. The smallest absolute Gasteiger partial charge is 0.296 e. The first-order valence-electron chi connectivity index (χ1n) is 9.12. The predicted octanol–water partition coefficient (Wildman–Crippen LogP) is 4.16. The summed E-state index contributed by atoms with van der Waals surface area (Å²) in [4.78, 5) is 32.7. The highest BCUT2D eigenvalue weighted by Gasteiger charge is 2.53. The van der Waals surface area contributed by atoms with Crippen molar-refractivity contribution in [3.05, 3.63) is 58.6 Å². The SMILES string of the molecule is O=C1C2=C(OC3CCC(Br)CC13)C(=O)N(c1nccs1)C2c1cccc(F)c1. The molecule has 2 aliphatic heterocycles. The largest absolute Gasteiger partial charge is 0.483 e. The number of aromatic nitrogens is 1. The number of ketones is 1. The number of halogens is 2. The Balaban J connectivity index is 1.65. The van der Waals surface area contributed by atoms with E-state index in [1.165, 1.54) is 28.4 Å². The number of carbonyl (C=O) groups excluding carboxylic acids is 2. The number of ether oxygens (including phenoxy) is 1. The maximum Gasteiger partial charge on any atom is 0.296 e. The Hall–Kier alpha value is -2.06. The zero-order valence-corrected chi connectivity index (χ0v) is 17.1. The van der Waals surface area contributed by atoms with Crippen molar-refractivity contribution in [3.8, 4) is 0 Å². The zero-order valence-electron chi connectivity index (χ0n) is 14.7. The van der Waals surface area contributed by atoms with Gasteiger partial charge in [0.1, 0.15) is 11.9 Å². The van der Waals surface area contributed by atoms with E-state index < -0.39 is 11.9 Å². The summed E-state index contributed by atoms with van der Waals surface area (Å²) in [7, 11) is 0. The van der Waals surface area contributed by atoms with Gasteiger partial charge >= 0.3 is 0 Å². The molecule has 28 heavy (non-hydrogen) atoms. The van der Waals surface area contributed by atoms with Crippen molar-refractivity contribution in [3.63, 3.8) is 0 Å². The molecule has 8 heteroatoms. The van der Waals surface area contributed by atoms with Crippen molar-refractivity contribution in [2.75, 3.05) is 4.90 Å². The van der Waals surface area contributed by atoms with E-state index in [1.54, 1.807) is 23.7 Å². The lowest BCUT2D eigenvalue weighted by molar-refractivity contribution is -0.131. The van der Waals surface area contributed by atoms with Crippen molar-refractivity contribution in [1.82, 2.24) is 4.98 Å². The molecular formula is C20H16BrFN2O3S. The van der Waals surface area contributed by atoms with Crippen LogP contribution in [0.2, 0.25) is 0 Å². The third-order valence-electron chi connectivity index (χ3n) is 5.57. The number of fused-ring (bicyclic) bond motifs is 1. The number of benzene rings is 1. The van der Waals surface area contributed by atoms with E-state index >= 15 is 0 Å². The molecule has 144 valence electrons. The van der Waals surface area contributed by atoms with Gasteiger partial charge in [0.2, 0.25) is 0 Å². The number of alkyl halides is 1. The number of hydrogen-bond donors (Lipinski definition) is 0. The van der Waals surface area contributed by atoms with Crippen LogP contribution in [-0.4, -0.2) is 27.6 Å². The fourth-order valence-electron chi connectivity index (χ4n) is 4.34. The first-order chi connectivity index (χ1) is 13.5. The van der Waals surface area contributed by atoms with Crippen LogP contribution in [0.25, 0.3) is 0 Å². The Kier molecular flexibility index (Phi) is 4.35. The second-order valence-corrected chi connectivity index (χ2v) is 9.40. The summed E-state index contributed by atoms with van der Waals surface area (Å²) < 4.78 is 20.1. The van der Waals surface area contributed by atoms with Crippen LogP contribution in [0.1, 0.15) is 30.9 Å². The van der Waals surface area contributed by atoms with Crippen molar-refractivity contribution in [2.24, 2.45) is 5.92 Å². The van der Waals surface area contributed by atoms with Gasteiger partial charge in [0.15, 0.2) is 16.7 Å². The normalized spacial score (nSPS) is 29.6. The summed E-state index contributed by atoms with van der Waals surface area (Å²) in [6.07, 6.45) is 3.60. The number of nitrogens with zero attached hydrogens (tertiary/aromatic N) is 2. The molecule has 1 aromatic carbocycles. The first kappa shape index (κ1) is 18.0. The van der Waals surface area contributed by atoms with Crippen LogP contribution < -0.4 is 4.90 Å². The Bertz CT molecular complexity index is 993. The van der Waals surface area contributed by atoms with Crippen molar-refractivity contribution < 1.29 is 18.7 Å². The second kappa shape index (κ2) is 6.77. The summed E-state index contributed by atoms with van der Waals surface area (Å²) in [5.41, 5.74) is 0.865. The Labute approximate surface area is 173 Å². The molecule has 4 unspecified atom stereocenters. The van der Waals surface area contributed by atoms with Crippen LogP contribution in [0.3, 0.4) is 0 Å². The van der Waals surface area contributed by atoms with Crippen LogP contribution in [0.4, 0.5) is 9.52 Å². The van der Waals surface area contributed by atoms with Crippen LogP contribution in [0.5, 0.6) is 0 Å². The van der Waals surface area contributed by atoms with Gasteiger partial charge < -0.3 is 4.74 Å². The van der Waals surface area contributed by atoms with Gasteiger partial charge in [-0.2, -0.15) is 0 Å². The fraction of sp³-hybridized carbons (Fsp3) is 0.350. The van der Waals surface area contributed by atoms with E-state index in [0.717, 1.165) is 12.8 Å². The van der Waals surface area contributed by atoms with Crippen LogP contribution >= 0.6 is 27.3 Å². The van der Waals surface area contributed by atoms with Crippen molar-refractivity contribution >= 4 is 44.1 Å². The minimum atomic E-state index is -0.728. The van der Waals surface area contributed by atoms with E-state index in [9.17, 15) is 14.0 Å². The van der Waals surface area contributed by atoms with Gasteiger partial charge in [-0.25, -0.2) is 9.37 Å². The molecule has 1 amide bonds. The summed E-state index contributed by atoms with van der Waals surface area (Å²) in [5.74, 6) is -1.07. The standard InChI is InChI=1S/C20H16BrFN2O3S/c21-11-4-5-14-13(9-11)17(25)15-16(10-2-1-3-12(22)8-10)24(19(26)18(15)27-14)20-23-6-7-28-20/h1-3,6-8,11,13-14,16H,4-5,9H2. The lowest BCUT2D eigenvalue weighted by Crippen LogP contribution is -2.41. The van der Waals surface area contributed by atoms with E-state index in [4.69, 9.17) is 4.74 Å². The first-order valence-corrected chi connectivity index (χ1v) is 10.9. The molecule has 0 bridgehead atoms. The van der Waals surface area contributed by atoms with Gasteiger partial charge in [-0.15, -0.1) is 11.3 Å². The molecule has 5 nitrogen and oxygen atoms in total. The highest BCUT2D eigenvalue weighted by Crippen LogP contribution is 2.49. The molecule has 1 fully saturated rings. The van der Waals surface area contributed by atoms with Crippen molar-refractivity contribution in [2.45, 2.75) is 36.2 Å². The van der Waals surface area contributed by atoms with E-state index in [1.807, 2.05) is 0 Å². The summed E-state index contributed by atoms with van der Waals surface area (Å²) in [6, 6.07) is 5.29. The summed E-state index contributed by atoms with van der Waals surface area (Å²) >= 11 is 4.91. The van der Waals surface area contributed by atoms with E-state index in [0.29, 0.717) is 22.7 Å². The number of carbonyl (C=O) groups is 2. The van der Waals surface area contributed by atoms with E-state index in [-0.39, 0.29) is 34.3 Å². The lowest BCUT2D eigenvalue weighted by atomic mass is 9.77. The number of rotatable bonds is 2. The molecule has 3 aliphatic rings. The van der Waals surface area contributed by atoms with Gasteiger partial charge in [0, 0.05) is 16.4 Å². The topological polar surface area (TPSA) is 59.5 Å². The quantitative estimate of drug-likeness (QED) is 0.628. The van der Waals surface area contributed by atoms with Crippen LogP contribution in [0.15, 0.2) is 47.2 Å². The average molecular weight is 463 g/mol. The van der Waals surface area contributed by atoms with Gasteiger partial charge in [-0.3, -0.25) is 14.5 Å². The highest BCUT2D eigenvalue weighted by atomic mass is 79.9. The van der Waals surface area contributed by atoms with Crippen LogP contribution in [0, 0.1) is 11.7 Å². The maximum absolute atomic E-state index is 14.0. The van der Waals surface area contributed by atoms with Gasteiger partial charge in [0.25, 0.3) is 5.91 Å². The second-order valence-electron chi connectivity index (χ2n) is 7.23. The average Bonchev–Trinajstić information content (AvgIpc) is 3.29. The zero-order chi connectivity index (χ0) is 19.4. The number of thiazole rings is 1. The Morgan fingerprint density at radius 2 is 2.14 bits per heavy atom. The summed E-state index contributed by atoms with van der Waals surface area (Å²) in [6.45, 7) is 0. The van der Waals surface area contributed by atoms with Crippen molar-refractivity contribution in [1.29, 1.82) is 0 Å². The Morgan fingerprint density at radius 1 is 1.29 bits per heavy atom. The minimum Gasteiger partial charge on any atom is -0.483 e. The maximum atomic E-state index is 14.0. The third kappa shape index (κ3) is 2.73. The molecule has 4 atom stereocenters. The molecule has 0 spiro atoms. The fourth-order valence-corrected chi connectivity index (χ4v) is 5.67. The molecule has 3 heterocycles. The predicted molar refractivity (Wildman–Crippen MR) is 106 cm³/mol. The molecule has 0 N–H and O–H groups in total. The molecule has 1 aliphatic carbocycles. The van der Waals surface area contributed by atoms with Gasteiger partial charge in [-0.1, -0.05) is 28.1 Å². The monoisotopic (exact) mass is 462 g/mol. The number of anilines is 1. The van der Waals surface area contributed by atoms with E-state index in [2.05, 4.69) is 20.9 Å². The Morgan fingerprint density at radius 3 is 2.89 bits per heavy atom. The molecule has 0 radical (unpaired) electrons.